The number of hydrogen-bond donors (Lipinski definition) is 1. The highest BCUT2D eigenvalue weighted by Gasteiger charge is 2.16. The van der Waals surface area contributed by atoms with E-state index in [2.05, 4.69) is 0 Å². The number of ether oxygens (including phenoxy) is 1. The lowest BCUT2D eigenvalue weighted by molar-refractivity contribution is 0.263. The van der Waals surface area contributed by atoms with Gasteiger partial charge in [0.1, 0.15) is 18.2 Å². The fraction of sp³-hybridized carbons (Fsp3) is 0.333. The van der Waals surface area contributed by atoms with E-state index in [9.17, 15) is 4.39 Å². The van der Waals surface area contributed by atoms with Gasteiger partial charge in [-0.25, -0.2) is 4.39 Å². The maximum atomic E-state index is 12.7. The Morgan fingerprint density at radius 2 is 2.23 bits per heavy atom. The number of rotatable bonds is 0. The fourth-order valence-electron chi connectivity index (χ4n) is 1.39. The molecule has 0 saturated heterocycles. The number of hydrogen-bond acceptors (Lipinski definition) is 2. The molecular formula is C9H11ClFNO. The van der Waals surface area contributed by atoms with E-state index in [4.69, 9.17) is 10.5 Å². The Labute approximate surface area is 82.3 Å². The van der Waals surface area contributed by atoms with Crippen LogP contribution in [-0.4, -0.2) is 12.6 Å². The van der Waals surface area contributed by atoms with Crippen LogP contribution in [0.4, 0.5) is 4.39 Å². The molecule has 1 aliphatic heterocycles. The highest BCUT2D eigenvalue weighted by molar-refractivity contribution is 5.85. The molecule has 2 rings (SSSR count). The molecule has 13 heavy (non-hydrogen) atoms. The Balaban J connectivity index is 0.000000845. The van der Waals surface area contributed by atoms with Crippen molar-refractivity contribution in [2.75, 3.05) is 6.61 Å². The molecule has 2 N–H and O–H groups in total. The first kappa shape index (κ1) is 10.3. The smallest absolute Gasteiger partial charge is 0.123 e. The third-order valence-corrected chi connectivity index (χ3v) is 1.96. The third-order valence-electron chi connectivity index (χ3n) is 1.96. The number of halogens is 2. The van der Waals surface area contributed by atoms with Gasteiger partial charge in [-0.1, -0.05) is 0 Å². The molecule has 0 aliphatic carbocycles. The van der Waals surface area contributed by atoms with Gasteiger partial charge in [0.15, 0.2) is 0 Å². The third kappa shape index (κ3) is 2.11. The van der Waals surface area contributed by atoms with E-state index >= 15 is 0 Å². The molecule has 0 spiro atoms. The molecule has 0 unspecified atom stereocenters. The van der Waals surface area contributed by atoms with Crippen LogP contribution < -0.4 is 10.5 Å². The molecule has 1 aromatic carbocycles. The molecule has 1 heterocycles. The summed E-state index contributed by atoms with van der Waals surface area (Å²) in [7, 11) is 0. The van der Waals surface area contributed by atoms with Gasteiger partial charge in [-0.2, -0.15) is 0 Å². The van der Waals surface area contributed by atoms with Crippen LogP contribution in [0.5, 0.6) is 5.75 Å². The Kier molecular flexibility index (Phi) is 3.12. The van der Waals surface area contributed by atoms with Crippen LogP contribution in [0, 0.1) is 5.82 Å². The van der Waals surface area contributed by atoms with Crippen LogP contribution in [0.1, 0.15) is 5.56 Å². The minimum absolute atomic E-state index is 0. The van der Waals surface area contributed by atoms with Crippen molar-refractivity contribution in [1.29, 1.82) is 0 Å². The quantitative estimate of drug-likeness (QED) is 0.694. The van der Waals surface area contributed by atoms with Crippen LogP contribution >= 0.6 is 12.4 Å². The number of benzene rings is 1. The fourth-order valence-corrected chi connectivity index (χ4v) is 1.39. The van der Waals surface area contributed by atoms with Crippen LogP contribution in [0.25, 0.3) is 0 Å². The maximum absolute atomic E-state index is 12.7. The van der Waals surface area contributed by atoms with E-state index in [-0.39, 0.29) is 24.3 Å². The normalized spacial score (nSPS) is 19.7. The molecule has 1 aromatic rings. The highest BCUT2D eigenvalue weighted by atomic mass is 35.5. The lowest BCUT2D eigenvalue weighted by Crippen LogP contribution is -2.33. The first-order valence-electron chi connectivity index (χ1n) is 3.92. The van der Waals surface area contributed by atoms with Crippen molar-refractivity contribution in [2.24, 2.45) is 5.73 Å². The van der Waals surface area contributed by atoms with Gasteiger partial charge >= 0.3 is 0 Å². The minimum Gasteiger partial charge on any atom is -0.492 e. The standard InChI is InChI=1S/C9H10FNO.ClH/c10-7-1-2-9-6(3-7)4-8(11)5-12-9;/h1-3,8H,4-5,11H2;1H/t8-;/m1./s1. The van der Waals surface area contributed by atoms with Gasteiger partial charge < -0.3 is 10.5 Å². The molecule has 0 amide bonds. The van der Waals surface area contributed by atoms with E-state index in [1.807, 2.05) is 0 Å². The minimum atomic E-state index is -0.230. The zero-order chi connectivity index (χ0) is 8.55. The molecule has 0 bridgehead atoms. The maximum Gasteiger partial charge on any atom is 0.123 e. The van der Waals surface area contributed by atoms with Crippen LogP contribution in [-0.2, 0) is 6.42 Å². The zero-order valence-electron chi connectivity index (χ0n) is 7.00. The number of nitrogens with two attached hydrogens (primary N) is 1. The van der Waals surface area contributed by atoms with E-state index in [0.29, 0.717) is 13.0 Å². The molecule has 4 heteroatoms. The molecule has 0 radical (unpaired) electrons. The van der Waals surface area contributed by atoms with Crippen molar-refractivity contribution in [2.45, 2.75) is 12.5 Å². The van der Waals surface area contributed by atoms with Crippen molar-refractivity contribution in [3.63, 3.8) is 0 Å². The van der Waals surface area contributed by atoms with Gasteiger partial charge in [0.25, 0.3) is 0 Å². The highest BCUT2D eigenvalue weighted by Crippen LogP contribution is 2.24. The summed E-state index contributed by atoms with van der Waals surface area (Å²) < 4.78 is 18.0. The topological polar surface area (TPSA) is 35.2 Å². The first-order chi connectivity index (χ1) is 5.75. The Morgan fingerprint density at radius 1 is 1.46 bits per heavy atom. The summed E-state index contributed by atoms with van der Waals surface area (Å²) in [5, 5.41) is 0. The van der Waals surface area contributed by atoms with Gasteiger partial charge in [0.2, 0.25) is 0 Å². The molecular weight excluding hydrogens is 193 g/mol. The summed E-state index contributed by atoms with van der Waals surface area (Å²) in [5.74, 6) is 0.532. The summed E-state index contributed by atoms with van der Waals surface area (Å²) in [6.45, 7) is 0.526. The summed E-state index contributed by atoms with van der Waals surface area (Å²) in [6, 6.07) is 4.53. The van der Waals surface area contributed by atoms with Gasteiger partial charge in [-0.05, 0) is 30.2 Å². The average molecular weight is 204 g/mol. The van der Waals surface area contributed by atoms with Crippen LogP contribution in [0.3, 0.4) is 0 Å². The zero-order valence-corrected chi connectivity index (χ0v) is 7.81. The largest absolute Gasteiger partial charge is 0.492 e. The van der Waals surface area contributed by atoms with Gasteiger partial charge in [-0.3, -0.25) is 0 Å². The van der Waals surface area contributed by atoms with E-state index < -0.39 is 0 Å². The van der Waals surface area contributed by atoms with Crippen molar-refractivity contribution in [3.05, 3.63) is 29.6 Å². The Bertz CT molecular complexity index is 306. The van der Waals surface area contributed by atoms with Gasteiger partial charge in [0.05, 0.1) is 0 Å². The summed E-state index contributed by atoms with van der Waals surface area (Å²) in [6.07, 6.45) is 0.701. The molecule has 2 nitrogen and oxygen atoms in total. The summed E-state index contributed by atoms with van der Waals surface area (Å²) >= 11 is 0. The lowest BCUT2D eigenvalue weighted by Gasteiger charge is -2.21. The number of fused-ring (bicyclic) bond motifs is 1. The lowest BCUT2D eigenvalue weighted by atomic mass is 10.0. The van der Waals surface area contributed by atoms with Gasteiger partial charge in [0, 0.05) is 6.04 Å². The van der Waals surface area contributed by atoms with Crippen molar-refractivity contribution < 1.29 is 9.13 Å². The summed E-state index contributed by atoms with van der Waals surface area (Å²) in [4.78, 5) is 0. The molecule has 1 aliphatic rings. The average Bonchev–Trinajstić information content (AvgIpc) is 2.03. The molecule has 0 saturated carbocycles. The predicted octanol–water partition coefficient (Wildman–Crippen LogP) is 1.51. The second-order valence-corrected chi connectivity index (χ2v) is 3.03. The first-order valence-corrected chi connectivity index (χ1v) is 3.92. The van der Waals surface area contributed by atoms with Crippen LogP contribution in [0.15, 0.2) is 18.2 Å². The second kappa shape index (κ2) is 3.94. The molecule has 72 valence electrons. The predicted molar refractivity (Wildman–Crippen MR) is 50.8 cm³/mol. The molecule has 0 aromatic heterocycles. The SMILES string of the molecule is Cl.N[C@H]1COc2ccc(F)cc2C1. The second-order valence-electron chi connectivity index (χ2n) is 3.03. The molecule has 0 fully saturated rings. The van der Waals surface area contributed by atoms with E-state index in [0.717, 1.165) is 11.3 Å². The van der Waals surface area contributed by atoms with Crippen molar-refractivity contribution >= 4 is 12.4 Å². The van der Waals surface area contributed by atoms with Crippen molar-refractivity contribution in [1.82, 2.24) is 0 Å². The van der Waals surface area contributed by atoms with Crippen molar-refractivity contribution in [3.8, 4) is 5.75 Å². The molecule has 1 atom stereocenters. The van der Waals surface area contributed by atoms with Gasteiger partial charge in [-0.15, -0.1) is 12.4 Å². The monoisotopic (exact) mass is 203 g/mol. The van der Waals surface area contributed by atoms with E-state index in [1.54, 1.807) is 6.07 Å². The summed E-state index contributed by atoms with van der Waals surface area (Å²) in [5.41, 5.74) is 6.52. The van der Waals surface area contributed by atoms with Crippen LogP contribution in [0.2, 0.25) is 0 Å². The Hall–Kier alpha value is -0.800. The van der Waals surface area contributed by atoms with E-state index in [1.165, 1.54) is 12.1 Å². The Morgan fingerprint density at radius 3 is 3.00 bits per heavy atom.